The van der Waals surface area contributed by atoms with Crippen molar-refractivity contribution in [2.75, 3.05) is 32.7 Å². The summed E-state index contributed by atoms with van der Waals surface area (Å²) < 4.78 is 5.31. The number of carbonyl (C=O) groups is 1. The summed E-state index contributed by atoms with van der Waals surface area (Å²) >= 11 is 0. The molecule has 1 aliphatic heterocycles. The number of hydrogen-bond donors (Lipinski definition) is 1. The summed E-state index contributed by atoms with van der Waals surface area (Å²) in [6, 6.07) is 11.3. The maximum absolute atomic E-state index is 12.6. The van der Waals surface area contributed by atoms with Crippen LogP contribution in [0.4, 0.5) is 0 Å². The summed E-state index contributed by atoms with van der Waals surface area (Å²) in [4.78, 5) is 16.5. The summed E-state index contributed by atoms with van der Waals surface area (Å²) in [5.74, 6) is 0.489. The third-order valence-electron chi connectivity index (χ3n) is 4.06. The third-order valence-corrected chi connectivity index (χ3v) is 4.06. The molecule has 1 fully saturated rings. The van der Waals surface area contributed by atoms with Crippen molar-refractivity contribution < 1.29 is 14.4 Å². The van der Waals surface area contributed by atoms with E-state index in [0.717, 1.165) is 18.7 Å². The van der Waals surface area contributed by atoms with Gasteiger partial charge in [0.25, 0.3) is 5.91 Å². The topological polar surface area (TPSA) is 69.8 Å². The first kappa shape index (κ1) is 16.7. The van der Waals surface area contributed by atoms with Crippen LogP contribution in [0, 0.1) is 0 Å². The van der Waals surface area contributed by atoms with E-state index in [1.165, 1.54) is 0 Å². The Morgan fingerprint density at radius 3 is 2.50 bits per heavy atom. The molecular formula is C18H23N3O3. The first-order valence-electron chi connectivity index (χ1n) is 8.18. The molecule has 2 heterocycles. The number of hydrogen-bond acceptors (Lipinski definition) is 5. The Kier molecular flexibility index (Phi) is 4.69. The fourth-order valence-electron chi connectivity index (χ4n) is 2.93. The second-order valence-electron chi connectivity index (χ2n) is 6.82. The van der Waals surface area contributed by atoms with Gasteiger partial charge in [0.2, 0.25) is 0 Å². The highest BCUT2D eigenvalue weighted by molar-refractivity contribution is 5.93. The second-order valence-corrected chi connectivity index (χ2v) is 6.82. The molecule has 0 spiro atoms. The maximum Gasteiger partial charge on any atom is 0.276 e. The normalized spacial score (nSPS) is 16.4. The number of piperazine rings is 1. The van der Waals surface area contributed by atoms with Gasteiger partial charge in [-0.3, -0.25) is 9.69 Å². The van der Waals surface area contributed by atoms with Crippen molar-refractivity contribution >= 4 is 5.91 Å². The molecule has 6 heteroatoms. The van der Waals surface area contributed by atoms with Crippen LogP contribution in [0.5, 0.6) is 0 Å². The zero-order valence-electron chi connectivity index (χ0n) is 14.1. The van der Waals surface area contributed by atoms with Crippen LogP contribution in [0.1, 0.15) is 24.3 Å². The Balaban J connectivity index is 1.61. The summed E-state index contributed by atoms with van der Waals surface area (Å²) in [6.45, 7) is 6.95. The number of rotatable bonds is 4. The van der Waals surface area contributed by atoms with Crippen molar-refractivity contribution in [3.63, 3.8) is 0 Å². The molecule has 1 amide bonds. The number of aliphatic hydroxyl groups is 1. The number of benzene rings is 1. The van der Waals surface area contributed by atoms with E-state index in [1.807, 2.05) is 30.3 Å². The lowest BCUT2D eigenvalue weighted by Crippen LogP contribution is -2.52. The Hall–Kier alpha value is -2.18. The van der Waals surface area contributed by atoms with Gasteiger partial charge >= 0.3 is 0 Å². The minimum Gasteiger partial charge on any atom is -0.389 e. The highest BCUT2D eigenvalue weighted by Crippen LogP contribution is 2.21. The van der Waals surface area contributed by atoms with Crippen LogP contribution in [-0.2, 0) is 0 Å². The van der Waals surface area contributed by atoms with Crippen molar-refractivity contribution in [1.29, 1.82) is 0 Å². The van der Waals surface area contributed by atoms with Crippen molar-refractivity contribution in [2.24, 2.45) is 0 Å². The molecule has 1 aromatic heterocycles. The monoisotopic (exact) mass is 329 g/mol. The van der Waals surface area contributed by atoms with Gasteiger partial charge in [0.15, 0.2) is 11.5 Å². The summed E-state index contributed by atoms with van der Waals surface area (Å²) in [5, 5.41) is 13.8. The fraction of sp³-hybridized carbons (Fsp3) is 0.444. The molecule has 1 aliphatic rings. The van der Waals surface area contributed by atoms with E-state index >= 15 is 0 Å². The SMILES string of the molecule is CC(C)(O)CN1CCN(C(=O)c2cc(-c3ccccc3)on2)CC1. The maximum atomic E-state index is 12.6. The molecule has 1 saturated heterocycles. The van der Waals surface area contributed by atoms with Crippen LogP contribution in [0.2, 0.25) is 0 Å². The van der Waals surface area contributed by atoms with Crippen LogP contribution in [0.3, 0.4) is 0 Å². The lowest BCUT2D eigenvalue weighted by atomic mass is 10.1. The molecule has 0 saturated carbocycles. The molecule has 2 aromatic rings. The van der Waals surface area contributed by atoms with E-state index in [2.05, 4.69) is 10.1 Å². The highest BCUT2D eigenvalue weighted by Gasteiger charge is 2.27. The Morgan fingerprint density at radius 1 is 1.21 bits per heavy atom. The summed E-state index contributed by atoms with van der Waals surface area (Å²) in [6.07, 6.45) is 0. The van der Waals surface area contributed by atoms with Crippen molar-refractivity contribution in [3.05, 3.63) is 42.1 Å². The molecular weight excluding hydrogens is 306 g/mol. The molecule has 0 aliphatic carbocycles. The van der Waals surface area contributed by atoms with Gasteiger partial charge in [0, 0.05) is 44.4 Å². The molecule has 0 unspecified atom stereocenters. The van der Waals surface area contributed by atoms with Crippen LogP contribution in [-0.4, -0.2) is 64.3 Å². The lowest BCUT2D eigenvalue weighted by molar-refractivity contribution is 0.0176. The standard InChI is InChI=1S/C18H23N3O3/c1-18(2,23)13-20-8-10-21(11-9-20)17(22)15-12-16(24-19-15)14-6-4-3-5-7-14/h3-7,12,23H,8-11,13H2,1-2H3. The first-order valence-corrected chi connectivity index (χ1v) is 8.18. The Bertz CT molecular complexity index is 683. The van der Waals surface area contributed by atoms with Gasteiger partial charge in [0.1, 0.15) is 0 Å². The molecule has 0 atom stereocenters. The van der Waals surface area contributed by atoms with Crippen molar-refractivity contribution in [3.8, 4) is 11.3 Å². The molecule has 1 aromatic carbocycles. The van der Waals surface area contributed by atoms with Gasteiger partial charge in [-0.25, -0.2) is 0 Å². The summed E-state index contributed by atoms with van der Waals surface area (Å²) in [7, 11) is 0. The minimum absolute atomic E-state index is 0.108. The Morgan fingerprint density at radius 2 is 1.88 bits per heavy atom. The van der Waals surface area contributed by atoms with Gasteiger partial charge in [-0.2, -0.15) is 0 Å². The average molecular weight is 329 g/mol. The fourth-order valence-corrected chi connectivity index (χ4v) is 2.93. The van der Waals surface area contributed by atoms with Gasteiger partial charge in [-0.1, -0.05) is 35.5 Å². The van der Waals surface area contributed by atoms with E-state index in [-0.39, 0.29) is 5.91 Å². The zero-order valence-corrected chi connectivity index (χ0v) is 14.1. The molecule has 0 radical (unpaired) electrons. The number of β-amino-alcohol motifs (C(OH)–C–C–N with tert-alkyl or cyclic N) is 1. The number of nitrogens with zero attached hydrogens (tertiary/aromatic N) is 3. The van der Waals surface area contributed by atoms with Crippen LogP contribution in [0.25, 0.3) is 11.3 Å². The quantitative estimate of drug-likeness (QED) is 0.927. The van der Waals surface area contributed by atoms with Crippen LogP contribution in [0.15, 0.2) is 40.9 Å². The minimum atomic E-state index is -0.719. The van der Waals surface area contributed by atoms with E-state index in [0.29, 0.717) is 31.1 Å². The highest BCUT2D eigenvalue weighted by atomic mass is 16.5. The van der Waals surface area contributed by atoms with E-state index < -0.39 is 5.60 Å². The van der Waals surface area contributed by atoms with Crippen molar-refractivity contribution in [2.45, 2.75) is 19.4 Å². The Labute approximate surface area is 141 Å². The van der Waals surface area contributed by atoms with Crippen molar-refractivity contribution in [1.82, 2.24) is 15.0 Å². The molecule has 24 heavy (non-hydrogen) atoms. The lowest BCUT2D eigenvalue weighted by Gasteiger charge is -2.36. The molecule has 128 valence electrons. The zero-order chi connectivity index (χ0) is 17.2. The molecule has 6 nitrogen and oxygen atoms in total. The predicted molar refractivity (Wildman–Crippen MR) is 90.6 cm³/mol. The summed E-state index contributed by atoms with van der Waals surface area (Å²) in [5.41, 5.74) is 0.520. The van der Waals surface area contributed by atoms with Gasteiger partial charge in [-0.05, 0) is 13.8 Å². The van der Waals surface area contributed by atoms with Gasteiger partial charge in [-0.15, -0.1) is 0 Å². The van der Waals surface area contributed by atoms with E-state index in [1.54, 1.807) is 24.8 Å². The first-order chi connectivity index (χ1) is 11.4. The van der Waals surface area contributed by atoms with Crippen LogP contribution >= 0.6 is 0 Å². The molecule has 1 N–H and O–H groups in total. The van der Waals surface area contributed by atoms with Gasteiger partial charge < -0.3 is 14.5 Å². The van der Waals surface area contributed by atoms with E-state index in [9.17, 15) is 9.90 Å². The number of carbonyl (C=O) groups excluding carboxylic acids is 1. The smallest absolute Gasteiger partial charge is 0.276 e. The molecule has 0 bridgehead atoms. The predicted octanol–water partition coefficient (Wildman–Crippen LogP) is 1.87. The van der Waals surface area contributed by atoms with Gasteiger partial charge in [0.05, 0.1) is 5.60 Å². The largest absolute Gasteiger partial charge is 0.389 e. The molecule has 3 rings (SSSR count). The number of amides is 1. The van der Waals surface area contributed by atoms with Crippen LogP contribution < -0.4 is 0 Å². The average Bonchev–Trinajstić information content (AvgIpc) is 3.04. The third kappa shape index (κ3) is 4.01. The second kappa shape index (κ2) is 6.75. The number of aromatic nitrogens is 1. The van der Waals surface area contributed by atoms with E-state index in [4.69, 9.17) is 4.52 Å².